The molecule has 1 heterocycles. The van der Waals surface area contributed by atoms with Crippen molar-refractivity contribution in [3.05, 3.63) is 20.7 Å². The summed E-state index contributed by atoms with van der Waals surface area (Å²) in [5.41, 5.74) is 0.748. The fourth-order valence-corrected chi connectivity index (χ4v) is 2.46. The van der Waals surface area contributed by atoms with Crippen molar-refractivity contribution in [3.8, 4) is 0 Å². The highest BCUT2D eigenvalue weighted by atomic mass is 32.1. The maximum Gasteiger partial charge on any atom is 0.307 e. The zero-order chi connectivity index (χ0) is 15.8. The van der Waals surface area contributed by atoms with Gasteiger partial charge in [0.2, 0.25) is 5.91 Å². The van der Waals surface area contributed by atoms with E-state index in [4.69, 9.17) is 4.74 Å². The molecule has 0 fully saturated rings. The topological polar surface area (TPSA) is 77.8 Å². The van der Waals surface area contributed by atoms with Crippen LogP contribution in [0.4, 0.5) is 0 Å². The minimum Gasteiger partial charge on any atom is -0.469 e. The highest BCUT2D eigenvalue weighted by Gasteiger charge is 2.17. The SMILES string of the molecule is COCCN(CCC(=O)OC)C(=O)Cn1c(C)csc1=O. The number of hydrogen-bond acceptors (Lipinski definition) is 6. The van der Waals surface area contributed by atoms with Gasteiger partial charge in [0, 0.05) is 31.3 Å². The van der Waals surface area contributed by atoms with Crippen molar-refractivity contribution in [1.82, 2.24) is 9.47 Å². The molecule has 0 spiro atoms. The molecule has 1 amide bonds. The number of hydrogen-bond donors (Lipinski definition) is 0. The van der Waals surface area contributed by atoms with Crippen molar-refractivity contribution in [2.75, 3.05) is 33.9 Å². The van der Waals surface area contributed by atoms with Crippen molar-refractivity contribution < 1.29 is 19.1 Å². The predicted molar refractivity (Wildman–Crippen MR) is 78.4 cm³/mol. The Kier molecular flexibility index (Phi) is 7.10. The zero-order valence-corrected chi connectivity index (χ0v) is 13.3. The van der Waals surface area contributed by atoms with Gasteiger partial charge in [-0.05, 0) is 6.92 Å². The number of amides is 1. The third kappa shape index (κ3) is 5.31. The lowest BCUT2D eigenvalue weighted by Gasteiger charge is -2.22. The van der Waals surface area contributed by atoms with Crippen molar-refractivity contribution in [2.45, 2.75) is 19.9 Å². The predicted octanol–water partition coefficient (Wildman–Crippen LogP) is 0.256. The first kappa shape index (κ1) is 17.4. The summed E-state index contributed by atoms with van der Waals surface area (Å²) in [7, 11) is 2.84. The second kappa shape index (κ2) is 8.58. The van der Waals surface area contributed by atoms with Crippen LogP contribution in [0.1, 0.15) is 12.1 Å². The molecule has 0 saturated carbocycles. The molecule has 1 aromatic rings. The molecular formula is C13H20N2O5S. The molecule has 0 aromatic carbocycles. The summed E-state index contributed by atoms with van der Waals surface area (Å²) in [5.74, 6) is -0.603. The van der Waals surface area contributed by atoms with Crippen LogP contribution in [-0.4, -0.2) is 55.3 Å². The average Bonchev–Trinajstić information content (AvgIpc) is 2.78. The molecule has 0 N–H and O–H groups in total. The van der Waals surface area contributed by atoms with E-state index >= 15 is 0 Å². The summed E-state index contributed by atoms with van der Waals surface area (Å²) in [4.78, 5) is 36.5. The summed E-state index contributed by atoms with van der Waals surface area (Å²) in [5, 5.41) is 1.71. The van der Waals surface area contributed by atoms with Crippen LogP contribution < -0.4 is 4.87 Å². The monoisotopic (exact) mass is 316 g/mol. The fourth-order valence-electron chi connectivity index (χ4n) is 1.72. The molecule has 0 aliphatic carbocycles. The zero-order valence-electron chi connectivity index (χ0n) is 12.5. The fraction of sp³-hybridized carbons (Fsp3) is 0.615. The summed E-state index contributed by atoms with van der Waals surface area (Å²) >= 11 is 1.06. The number of methoxy groups -OCH3 is 2. The number of carbonyl (C=O) groups is 2. The van der Waals surface area contributed by atoms with Crippen LogP contribution in [0.15, 0.2) is 10.2 Å². The Morgan fingerprint density at radius 2 is 2.05 bits per heavy atom. The number of rotatable bonds is 8. The van der Waals surface area contributed by atoms with Crippen molar-refractivity contribution >= 4 is 23.2 Å². The Hall–Kier alpha value is -1.67. The van der Waals surface area contributed by atoms with Gasteiger partial charge < -0.3 is 14.4 Å². The number of nitrogens with zero attached hydrogens (tertiary/aromatic N) is 2. The van der Waals surface area contributed by atoms with Gasteiger partial charge in [-0.3, -0.25) is 19.0 Å². The third-order valence-corrected chi connectivity index (χ3v) is 3.88. The van der Waals surface area contributed by atoms with Crippen LogP contribution >= 0.6 is 11.3 Å². The second-order valence-electron chi connectivity index (χ2n) is 4.43. The van der Waals surface area contributed by atoms with Gasteiger partial charge in [-0.25, -0.2) is 0 Å². The van der Waals surface area contributed by atoms with Gasteiger partial charge in [-0.15, -0.1) is 0 Å². The largest absolute Gasteiger partial charge is 0.469 e. The van der Waals surface area contributed by atoms with E-state index in [1.165, 1.54) is 23.7 Å². The summed E-state index contributed by atoms with van der Waals surface area (Å²) in [6.45, 7) is 2.72. The summed E-state index contributed by atoms with van der Waals surface area (Å²) < 4.78 is 11.0. The summed E-state index contributed by atoms with van der Waals surface area (Å²) in [6, 6.07) is 0. The lowest BCUT2D eigenvalue weighted by Crippen LogP contribution is -2.39. The normalized spacial score (nSPS) is 10.4. The van der Waals surface area contributed by atoms with E-state index in [1.807, 2.05) is 0 Å². The van der Waals surface area contributed by atoms with E-state index in [1.54, 1.807) is 12.3 Å². The quantitative estimate of drug-likeness (QED) is 0.643. The number of aromatic nitrogens is 1. The number of esters is 1. The average molecular weight is 316 g/mol. The van der Waals surface area contributed by atoms with E-state index in [0.29, 0.717) is 13.2 Å². The molecule has 1 aromatic heterocycles. The van der Waals surface area contributed by atoms with Gasteiger partial charge in [0.15, 0.2) is 0 Å². The maximum atomic E-state index is 12.3. The Labute approximate surface area is 127 Å². The van der Waals surface area contributed by atoms with Crippen LogP contribution in [0.5, 0.6) is 0 Å². The molecule has 0 saturated heterocycles. The van der Waals surface area contributed by atoms with E-state index in [-0.39, 0.29) is 36.3 Å². The van der Waals surface area contributed by atoms with Crippen molar-refractivity contribution in [2.24, 2.45) is 0 Å². The third-order valence-electron chi connectivity index (χ3n) is 3.00. The Bertz CT molecular complexity index is 537. The lowest BCUT2D eigenvalue weighted by molar-refractivity contribution is -0.142. The molecule has 0 aliphatic rings. The molecule has 0 bridgehead atoms. The van der Waals surface area contributed by atoms with Gasteiger partial charge >= 0.3 is 10.8 Å². The number of aryl methyl sites for hydroxylation is 1. The smallest absolute Gasteiger partial charge is 0.307 e. The summed E-state index contributed by atoms with van der Waals surface area (Å²) in [6.07, 6.45) is 0.115. The second-order valence-corrected chi connectivity index (χ2v) is 5.25. The van der Waals surface area contributed by atoms with E-state index in [0.717, 1.165) is 17.0 Å². The van der Waals surface area contributed by atoms with Crippen molar-refractivity contribution in [1.29, 1.82) is 0 Å². The van der Waals surface area contributed by atoms with Crippen LogP contribution in [0, 0.1) is 6.92 Å². The lowest BCUT2D eigenvalue weighted by atomic mass is 10.3. The Morgan fingerprint density at radius 3 is 2.57 bits per heavy atom. The molecule has 1 rings (SSSR count). The molecule has 0 aliphatic heterocycles. The van der Waals surface area contributed by atoms with Crippen LogP contribution in [-0.2, 0) is 25.6 Å². The molecule has 0 atom stereocenters. The van der Waals surface area contributed by atoms with E-state index < -0.39 is 0 Å². The van der Waals surface area contributed by atoms with Gasteiger partial charge in [0.05, 0.1) is 20.1 Å². The molecular weight excluding hydrogens is 296 g/mol. The number of ether oxygens (including phenoxy) is 2. The Balaban J connectivity index is 2.70. The Morgan fingerprint density at radius 1 is 1.33 bits per heavy atom. The van der Waals surface area contributed by atoms with Crippen LogP contribution in [0.3, 0.4) is 0 Å². The van der Waals surface area contributed by atoms with Gasteiger partial charge in [0.25, 0.3) is 0 Å². The first-order chi connectivity index (χ1) is 9.99. The number of carbonyl (C=O) groups excluding carboxylic acids is 2. The first-order valence-electron chi connectivity index (χ1n) is 6.48. The molecule has 118 valence electrons. The van der Waals surface area contributed by atoms with Crippen molar-refractivity contribution in [3.63, 3.8) is 0 Å². The standard InChI is InChI=1S/C13H20N2O5S/c1-10-9-21-13(18)15(10)8-11(16)14(6-7-19-2)5-4-12(17)20-3/h9H,4-8H2,1-3H3. The van der Waals surface area contributed by atoms with E-state index in [9.17, 15) is 14.4 Å². The van der Waals surface area contributed by atoms with Crippen LogP contribution in [0.2, 0.25) is 0 Å². The minimum absolute atomic E-state index is 0.0287. The highest BCUT2D eigenvalue weighted by molar-refractivity contribution is 7.07. The van der Waals surface area contributed by atoms with E-state index in [2.05, 4.69) is 4.74 Å². The molecule has 8 heteroatoms. The van der Waals surface area contributed by atoms with Gasteiger partial charge in [-0.2, -0.15) is 0 Å². The van der Waals surface area contributed by atoms with Crippen LogP contribution in [0.25, 0.3) is 0 Å². The van der Waals surface area contributed by atoms with Gasteiger partial charge in [-0.1, -0.05) is 11.3 Å². The highest BCUT2D eigenvalue weighted by Crippen LogP contribution is 2.02. The van der Waals surface area contributed by atoms with Gasteiger partial charge in [0.1, 0.15) is 6.54 Å². The minimum atomic E-state index is -0.380. The molecule has 0 unspecified atom stereocenters. The molecule has 21 heavy (non-hydrogen) atoms. The first-order valence-corrected chi connectivity index (χ1v) is 7.36. The molecule has 7 nitrogen and oxygen atoms in total. The molecule has 0 radical (unpaired) electrons. The maximum absolute atomic E-state index is 12.3. The number of thiazole rings is 1.